The van der Waals surface area contributed by atoms with Crippen LogP contribution in [0.25, 0.3) is 0 Å². The highest BCUT2D eigenvalue weighted by molar-refractivity contribution is 5.09. The molecule has 0 aromatic carbocycles. The van der Waals surface area contributed by atoms with Gasteiger partial charge in [-0.1, -0.05) is 42.0 Å². The Balaban J connectivity index is 3.68. The van der Waals surface area contributed by atoms with Crippen molar-refractivity contribution in [3.63, 3.8) is 0 Å². The SMILES string of the molecule is C=CCC=C(C)CC=CC=CC. The van der Waals surface area contributed by atoms with Crippen molar-refractivity contribution in [3.05, 3.63) is 48.6 Å². The van der Waals surface area contributed by atoms with E-state index in [-0.39, 0.29) is 0 Å². The van der Waals surface area contributed by atoms with Gasteiger partial charge in [0.15, 0.2) is 0 Å². The summed E-state index contributed by atoms with van der Waals surface area (Å²) in [6.07, 6.45) is 14.4. The predicted octanol–water partition coefficient (Wildman–Crippen LogP) is 4.03. The number of rotatable bonds is 5. The van der Waals surface area contributed by atoms with Gasteiger partial charge in [0.05, 0.1) is 0 Å². The molecule has 0 aliphatic rings. The van der Waals surface area contributed by atoms with Crippen molar-refractivity contribution < 1.29 is 0 Å². The molecule has 0 bridgehead atoms. The minimum absolute atomic E-state index is 0.975. The van der Waals surface area contributed by atoms with E-state index in [1.165, 1.54) is 5.57 Å². The summed E-state index contributed by atoms with van der Waals surface area (Å²) in [4.78, 5) is 0. The normalized spacial score (nSPS) is 13.0. The first-order valence-electron chi connectivity index (χ1n) is 4.35. The van der Waals surface area contributed by atoms with Crippen molar-refractivity contribution in [2.75, 3.05) is 0 Å². The minimum Gasteiger partial charge on any atom is -0.103 e. The lowest BCUT2D eigenvalue weighted by molar-refractivity contribution is 1.17. The largest absolute Gasteiger partial charge is 0.103 e. The summed E-state index contributed by atoms with van der Waals surface area (Å²) in [6, 6.07) is 0. The monoisotopic (exact) mass is 162 g/mol. The number of hydrogen-bond donors (Lipinski definition) is 0. The van der Waals surface area contributed by atoms with Gasteiger partial charge in [0, 0.05) is 0 Å². The standard InChI is InChI=1S/C12H18/c1-4-6-8-9-11-12(3)10-7-5-2/h4-6,8-10H,2,7,11H2,1,3H3. The molecule has 0 heteroatoms. The molecule has 0 unspecified atom stereocenters. The van der Waals surface area contributed by atoms with Crippen molar-refractivity contribution in [3.8, 4) is 0 Å². The van der Waals surface area contributed by atoms with Gasteiger partial charge in [-0.25, -0.2) is 0 Å². The average Bonchev–Trinajstić information content (AvgIpc) is 2.09. The molecular formula is C12H18. The van der Waals surface area contributed by atoms with Gasteiger partial charge in [-0.2, -0.15) is 0 Å². The van der Waals surface area contributed by atoms with Crippen LogP contribution in [0.1, 0.15) is 26.7 Å². The molecule has 0 radical (unpaired) electrons. The zero-order valence-corrected chi connectivity index (χ0v) is 8.09. The summed E-state index contributed by atoms with van der Waals surface area (Å²) in [7, 11) is 0. The Labute approximate surface area is 76.0 Å². The van der Waals surface area contributed by atoms with E-state index in [0.717, 1.165) is 12.8 Å². The second kappa shape index (κ2) is 8.06. The molecule has 0 spiro atoms. The molecule has 0 aliphatic heterocycles. The van der Waals surface area contributed by atoms with Crippen LogP contribution in [0.5, 0.6) is 0 Å². The predicted molar refractivity (Wildman–Crippen MR) is 57.1 cm³/mol. The van der Waals surface area contributed by atoms with Gasteiger partial charge in [-0.15, -0.1) is 6.58 Å². The van der Waals surface area contributed by atoms with Gasteiger partial charge in [0.2, 0.25) is 0 Å². The highest BCUT2D eigenvalue weighted by atomic mass is 13.9. The maximum Gasteiger partial charge on any atom is -0.0138 e. The van der Waals surface area contributed by atoms with Gasteiger partial charge in [-0.3, -0.25) is 0 Å². The van der Waals surface area contributed by atoms with E-state index < -0.39 is 0 Å². The third-order valence-electron chi connectivity index (χ3n) is 1.51. The molecule has 0 fully saturated rings. The van der Waals surface area contributed by atoms with E-state index in [1.807, 2.05) is 25.2 Å². The van der Waals surface area contributed by atoms with Crippen LogP contribution in [0.15, 0.2) is 48.6 Å². The minimum atomic E-state index is 0.975. The van der Waals surface area contributed by atoms with Crippen molar-refractivity contribution in [1.82, 2.24) is 0 Å². The van der Waals surface area contributed by atoms with Crippen molar-refractivity contribution in [2.45, 2.75) is 26.7 Å². The Morgan fingerprint density at radius 1 is 1.33 bits per heavy atom. The lowest BCUT2D eigenvalue weighted by Crippen LogP contribution is -1.71. The van der Waals surface area contributed by atoms with Crippen LogP contribution >= 0.6 is 0 Å². The molecule has 0 N–H and O–H groups in total. The molecule has 0 heterocycles. The maximum absolute atomic E-state index is 3.67. The fraction of sp³-hybridized carbons (Fsp3) is 0.333. The van der Waals surface area contributed by atoms with Gasteiger partial charge < -0.3 is 0 Å². The lowest BCUT2D eigenvalue weighted by Gasteiger charge is -1.92. The Morgan fingerprint density at radius 3 is 2.67 bits per heavy atom. The van der Waals surface area contributed by atoms with Gasteiger partial charge in [-0.05, 0) is 26.7 Å². The van der Waals surface area contributed by atoms with Crippen LogP contribution in [0.2, 0.25) is 0 Å². The summed E-state index contributed by atoms with van der Waals surface area (Å²) in [6.45, 7) is 7.83. The molecule has 0 aromatic heterocycles. The van der Waals surface area contributed by atoms with E-state index in [9.17, 15) is 0 Å². The molecule has 0 saturated carbocycles. The quantitative estimate of drug-likeness (QED) is 0.423. The van der Waals surface area contributed by atoms with Gasteiger partial charge in [0.25, 0.3) is 0 Å². The van der Waals surface area contributed by atoms with E-state index in [1.54, 1.807) is 0 Å². The summed E-state index contributed by atoms with van der Waals surface area (Å²) in [5.74, 6) is 0. The van der Waals surface area contributed by atoms with E-state index in [4.69, 9.17) is 0 Å². The molecule has 0 aliphatic carbocycles. The molecule has 0 amide bonds. The fourth-order valence-electron chi connectivity index (χ4n) is 0.811. The number of hydrogen-bond acceptors (Lipinski definition) is 0. The molecule has 0 nitrogen and oxygen atoms in total. The van der Waals surface area contributed by atoms with Crippen LogP contribution in [0, 0.1) is 0 Å². The fourth-order valence-corrected chi connectivity index (χ4v) is 0.811. The van der Waals surface area contributed by atoms with Crippen molar-refractivity contribution in [2.24, 2.45) is 0 Å². The van der Waals surface area contributed by atoms with Crippen LogP contribution in [0.4, 0.5) is 0 Å². The van der Waals surface area contributed by atoms with E-state index >= 15 is 0 Å². The van der Waals surface area contributed by atoms with Gasteiger partial charge >= 0.3 is 0 Å². The maximum atomic E-state index is 3.67. The third-order valence-corrected chi connectivity index (χ3v) is 1.51. The Bertz CT molecular complexity index is 192. The van der Waals surface area contributed by atoms with Crippen molar-refractivity contribution >= 4 is 0 Å². The Hall–Kier alpha value is -1.04. The third kappa shape index (κ3) is 7.07. The summed E-state index contributed by atoms with van der Waals surface area (Å²) < 4.78 is 0. The smallest absolute Gasteiger partial charge is 0.0138 e. The second-order valence-electron chi connectivity index (χ2n) is 2.73. The first kappa shape index (κ1) is 11.0. The van der Waals surface area contributed by atoms with Crippen LogP contribution in [-0.2, 0) is 0 Å². The molecule has 12 heavy (non-hydrogen) atoms. The van der Waals surface area contributed by atoms with Crippen LogP contribution in [0.3, 0.4) is 0 Å². The van der Waals surface area contributed by atoms with Gasteiger partial charge in [0.1, 0.15) is 0 Å². The molecule has 0 atom stereocenters. The first-order chi connectivity index (χ1) is 5.81. The highest BCUT2D eigenvalue weighted by Gasteiger charge is 1.81. The van der Waals surface area contributed by atoms with Crippen LogP contribution in [-0.4, -0.2) is 0 Å². The Morgan fingerprint density at radius 2 is 2.08 bits per heavy atom. The summed E-state index contributed by atoms with van der Waals surface area (Å²) in [5, 5.41) is 0. The van der Waals surface area contributed by atoms with E-state index in [0.29, 0.717) is 0 Å². The van der Waals surface area contributed by atoms with E-state index in [2.05, 4.69) is 31.7 Å². The zero-order valence-electron chi connectivity index (χ0n) is 8.09. The second-order valence-corrected chi connectivity index (χ2v) is 2.73. The molecule has 0 rings (SSSR count). The average molecular weight is 162 g/mol. The zero-order chi connectivity index (χ0) is 9.23. The Kier molecular flexibility index (Phi) is 7.36. The summed E-state index contributed by atoms with van der Waals surface area (Å²) >= 11 is 0. The molecule has 66 valence electrons. The first-order valence-corrected chi connectivity index (χ1v) is 4.35. The van der Waals surface area contributed by atoms with Crippen LogP contribution < -0.4 is 0 Å². The summed E-state index contributed by atoms with van der Waals surface area (Å²) in [5.41, 5.74) is 1.40. The number of allylic oxidation sites excluding steroid dienone is 7. The molecular weight excluding hydrogens is 144 g/mol. The molecule has 0 saturated heterocycles. The highest BCUT2D eigenvalue weighted by Crippen LogP contribution is 2.02. The lowest BCUT2D eigenvalue weighted by atomic mass is 10.1. The van der Waals surface area contributed by atoms with Crippen molar-refractivity contribution in [1.29, 1.82) is 0 Å². The molecule has 0 aromatic rings. The topological polar surface area (TPSA) is 0 Å².